The Morgan fingerprint density at radius 1 is 0.966 bits per heavy atom. The maximum atomic E-state index is 10.6. The zero-order chi connectivity index (χ0) is 20.2. The molecule has 0 aliphatic carbocycles. The van der Waals surface area contributed by atoms with Gasteiger partial charge in [-0.15, -0.1) is 0 Å². The molecule has 0 saturated heterocycles. The van der Waals surface area contributed by atoms with Gasteiger partial charge < -0.3 is 9.84 Å². The van der Waals surface area contributed by atoms with Gasteiger partial charge in [-0.1, -0.05) is 60.2 Å². The molecule has 5 nitrogen and oxygen atoms in total. The Kier molecular flexibility index (Phi) is 5.49. The molecule has 0 aliphatic heterocycles. The lowest BCUT2D eigenvalue weighted by atomic mass is 10.1. The zero-order valence-electron chi connectivity index (χ0n) is 16.5. The highest BCUT2D eigenvalue weighted by Gasteiger charge is 2.23. The fraction of sp³-hybridized carbons (Fsp3) is 0.208. The van der Waals surface area contributed by atoms with Crippen LogP contribution in [-0.2, 0) is 13.1 Å². The first-order valence-electron chi connectivity index (χ1n) is 9.80. The van der Waals surface area contributed by atoms with E-state index in [1.165, 1.54) is 11.1 Å². The molecule has 0 spiro atoms. The number of aliphatic hydroxyl groups is 1. The Labute approximate surface area is 170 Å². The second kappa shape index (κ2) is 8.37. The van der Waals surface area contributed by atoms with Gasteiger partial charge in [-0.3, -0.25) is 5.73 Å². The summed E-state index contributed by atoms with van der Waals surface area (Å²) < 4.78 is 9.74. The highest BCUT2D eigenvalue weighted by Crippen LogP contribution is 2.18. The molecule has 4 rings (SSSR count). The molecule has 0 aliphatic rings. The van der Waals surface area contributed by atoms with Crippen LogP contribution in [0.15, 0.2) is 78.9 Å². The monoisotopic (exact) mass is 388 g/mol. The normalized spacial score (nSPS) is 12.2. The lowest BCUT2D eigenvalue weighted by Crippen LogP contribution is -2.37. The first-order chi connectivity index (χ1) is 14.1. The van der Waals surface area contributed by atoms with Crippen LogP contribution < -0.4 is 15.0 Å². The van der Waals surface area contributed by atoms with Gasteiger partial charge in [0.2, 0.25) is 0 Å². The van der Waals surface area contributed by atoms with Crippen LogP contribution in [0.25, 0.3) is 11.0 Å². The minimum atomic E-state index is -0.680. The molecule has 5 heteroatoms. The second-order valence-electron chi connectivity index (χ2n) is 7.31. The number of nitrogens with zero attached hydrogens (tertiary/aromatic N) is 2. The Hall–Kier alpha value is -3.31. The standard InChI is InChI=1S/C24H25N3O2/c1-18-11-13-19(14-12-18)15-26-22-9-5-6-10-23(22)27(24(26)25)16-20(28)17-29-21-7-3-2-4-8-21/h2-14,20,25,28H,15-17H2,1H3/p+1/t20-/m0/s1. The molecule has 0 bridgehead atoms. The smallest absolute Gasteiger partial charge is 0.356 e. The van der Waals surface area contributed by atoms with Crippen molar-refractivity contribution in [1.82, 2.24) is 4.57 Å². The van der Waals surface area contributed by atoms with E-state index in [0.717, 1.165) is 16.8 Å². The molecular weight excluding hydrogens is 362 g/mol. The molecule has 0 unspecified atom stereocenters. The number of nitrogens with two attached hydrogens (primary N) is 1. The van der Waals surface area contributed by atoms with Crippen LogP contribution in [0.3, 0.4) is 0 Å². The van der Waals surface area contributed by atoms with E-state index in [1.807, 2.05) is 53.1 Å². The van der Waals surface area contributed by atoms with Crippen LogP contribution in [0.1, 0.15) is 11.1 Å². The molecule has 29 heavy (non-hydrogen) atoms. The van der Waals surface area contributed by atoms with Gasteiger partial charge in [-0.25, -0.2) is 9.13 Å². The van der Waals surface area contributed by atoms with Crippen molar-refractivity contribution in [3.05, 3.63) is 90.0 Å². The van der Waals surface area contributed by atoms with Gasteiger partial charge in [-0.05, 0) is 36.8 Å². The first kappa shape index (κ1) is 19.0. The number of aryl methyl sites for hydroxylation is 1. The van der Waals surface area contributed by atoms with Crippen molar-refractivity contribution in [1.29, 1.82) is 0 Å². The van der Waals surface area contributed by atoms with E-state index < -0.39 is 6.10 Å². The van der Waals surface area contributed by atoms with Crippen LogP contribution in [0, 0.1) is 6.92 Å². The van der Waals surface area contributed by atoms with E-state index in [4.69, 9.17) is 10.5 Å². The molecule has 0 radical (unpaired) electrons. The summed E-state index contributed by atoms with van der Waals surface area (Å²) >= 11 is 0. The van der Waals surface area contributed by atoms with Crippen molar-refractivity contribution in [2.75, 3.05) is 12.3 Å². The lowest BCUT2D eigenvalue weighted by Gasteiger charge is -2.12. The van der Waals surface area contributed by atoms with E-state index in [-0.39, 0.29) is 6.61 Å². The van der Waals surface area contributed by atoms with Gasteiger partial charge >= 0.3 is 5.95 Å². The minimum Gasteiger partial charge on any atom is -0.491 e. The molecule has 3 aromatic carbocycles. The maximum Gasteiger partial charge on any atom is 0.356 e. The highest BCUT2D eigenvalue weighted by atomic mass is 16.5. The Bertz CT molecular complexity index is 1090. The summed E-state index contributed by atoms with van der Waals surface area (Å²) in [7, 11) is 0. The second-order valence-corrected chi connectivity index (χ2v) is 7.31. The number of fused-ring (bicyclic) bond motifs is 1. The van der Waals surface area contributed by atoms with Crippen molar-refractivity contribution in [3.8, 4) is 5.75 Å². The molecule has 4 aromatic rings. The third kappa shape index (κ3) is 4.25. The number of aromatic nitrogens is 2. The van der Waals surface area contributed by atoms with Crippen LogP contribution in [0.5, 0.6) is 5.75 Å². The van der Waals surface area contributed by atoms with Crippen LogP contribution >= 0.6 is 0 Å². The number of imidazole rings is 1. The highest BCUT2D eigenvalue weighted by molar-refractivity contribution is 5.74. The molecule has 0 saturated carbocycles. The SMILES string of the molecule is Cc1ccc(C[n+]2c(N)n(C[C@H](O)COc3ccccc3)c3ccccc32)cc1. The summed E-state index contributed by atoms with van der Waals surface area (Å²) in [6.07, 6.45) is -0.680. The van der Waals surface area contributed by atoms with Crippen molar-refractivity contribution >= 4 is 17.0 Å². The average Bonchev–Trinajstić information content (AvgIpc) is 3.00. The Balaban J connectivity index is 1.57. The summed E-state index contributed by atoms with van der Waals surface area (Å²) in [6.45, 7) is 3.32. The minimum absolute atomic E-state index is 0.202. The maximum absolute atomic E-state index is 10.6. The predicted molar refractivity (Wildman–Crippen MR) is 115 cm³/mol. The van der Waals surface area contributed by atoms with Crippen molar-refractivity contribution in [2.24, 2.45) is 0 Å². The van der Waals surface area contributed by atoms with E-state index >= 15 is 0 Å². The van der Waals surface area contributed by atoms with Gasteiger partial charge in [-0.2, -0.15) is 0 Å². The van der Waals surface area contributed by atoms with Gasteiger partial charge in [0.1, 0.15) is 36.0 Å². The quantitative estimate of drug-likeness (QED) is 0.478. The molecule has 1 aromatic heterocycles. The molecular formula is C24H26N3O2+. The average molecular weight is 388 g/mol. The third-order valence-electron chi connectivity index (χ3n) is 5.06. The predicted octanol–water partition coefficient (Wildman–Crippen LogP) is 3.31. The van der Waals surface area contributed by atoms with Gasteiger partial charge in [0.15, 0.2) is 0 Å². The fourth-order valence-corrected chi connectivity index (χ4v) is 3.52. The Morgan fingerprint density at radius 3 is 2.41 bits per heavy atom. The van der Waals surface area contributed by atoms with Crippen molar-refractivity contribution < 1.29 is 14.4 Å². The largest absolute Gasteiger partial charge is 0.491 e. The number of anilines is 1. The number of hydrogen-bond acceptors (Lipinski definition) is 3. The van der Waals surface area contributed by atoms with E-state index in [2.05, 4.69) is 41.8 Å². The van der Waals surface area contributed by atoms with Crippen molar-refractivity contribution in [3.63, 3.8) is 0 Å². The summed E-state index contributed by atoms with van der Waals surface area (Å²) in [5, 5.41) is 10.6. The topological polar surface area (TPSA) is 64.3 Å². The van der Waals surface area contributed by atoms with Gasteiger partial charge in [0, 0.05) is 0 Å². The van der Waals surface area contributed by atoms with E-state index in [0.29, 0.717) is 19.0 Å². The number of hydrogen-bond donors (Lipinski definition) is 2. The number of ether oxygens (including phenoxy) is 1. The summed E-state index contributed by atoms with van der Waals surface area (Å²) in [4.78, 5) is 0. The summed E-state index contributed by atoms with van der Waals surface area (Å²) in [5.41, 5.74) is 11.0. The van der Waals surface area contributed by atoms with Crippen LogP contribution in [0.2, 0.25) is 0 Å². The molecule has 148 valence electrons. The van der Waals surface area contributed by atoms with Crippen LogP contribution in [-0.4, -0.2) is 22.4 Å². The van der Waals surface area contributed by atoms with Crippen LogP contribution in [0.4, 0.5) is 5.95 Å². The number of aliphatic hydroxyl groups excluding tert-OH is 1. The number of para-hydroxylation sites is 3. The number of rotatable bonds is 7. The number of nitrogen functional groups attached to an aromatic ring is 1. The van der Waals surface area contributed by atoms with E-state index in [9.17, 15) is 5.11 Å². The molecule has 0 amide bonds. The van der Waals surface area contributed by atoms with E-state index in [1.54, 1.807) is 0 Å². The Morgan fingerprint density at radius 2 is 1.66 bits per heavy atom. The summed E-state index contributed by atoms with van der Waals surface area (Å²) in [6, 6.07) is 26.0. The fourth-order valence-electron chi connectivity index (χ4n) is 3.52. The molecule has 1 heterocycles. The molecule has 0 fully saturated rings. The number of benzene rings is 3. The summed E-state index contributed by atoms with van der Waals surface area (Å²) in [5.74, 6) is 1.36. The zero-order valence-corrected chi connectivity index (χ0v) is 16.5. The lowest BCUT2D eigenvalue weighted by molar-refractivity contribution is -0.648. The van der Waals surface area contributed by atoms with Gasteiger partial charge in [0.05, 0.1) is 6.54 Å². The molecule has 3 N–H and O–H groups in total. The first-order valence-corrected chi connectivity index (χ1v) is 9.80. The van der Waals surface area contributed by atoms with Gasteiger partial charge in [0.25, 0.3) is 0 Å². The van der Waals surface area contributed by atoms with Crippen molar-refractivity contribution in [2.45, 2.75) is 26.1 Å². The third-order valence-corrected chi connectivity index (χ3v) is 5.06. The molecule has 1 atom stereocenters.